The molecule has 0 spiro atoms. The first-order valence-electron chi connectivity index (χ1n) is 6.22. The second kappa shape index (κ2) is 4.87. The summed E-state index contributed by atoms with van der Waals surface area (Å²) in [6.07, 6.45) is 3.34. The van der Waals surface area contributed by atoms with Crippen LogP contribution in [0.1, 0.15) is 37.8 Å². The fourth-order valence-electron chi connectivity index (χ4n) is 2.78. The Labute approximate surface area is 108 Å². The van der Waals surface area contributed by atoms with Gasteiger partial charge < -0.3 is 10.1 Å². The number of benzene rings is 1. The van der Waals surface area contributed by atoms with Gasteiger partial charge in [-0.2, -0.15) is 0 Å². The van der Waals surface area contributed by atoms with Crippen molar-refractivity contribution in [3.8, 4) is 5.75 Å². The van der Waals surface area contributed by atoms with E-state index in [1.54, 1.807) is 7.11 Å². The molecule has 1 aromatic rings. The largest absolute Gasteiger partial charge is 0.496 e. The van der Waals surface area contributed by atoms with Crippen LogP contribution in [0.2, 0.25) is 5.02 Å². The molecule has 0 aromatic heterocycles. The summed E-state index contributed by atoms with van der Waals surface area (Å²) < 4.78 is 5.45. The van der Waals surface area contributed by atoms with Crippen LogP contribution in [0.25, 0.3) is 0 Å². The van der Waals surface area contributed by atoms with Gasteiger partial charge in [0, 0.05) is 10.6 Å². The molecular formula is C14H20ClNO. The summed E-state index contributed by atoms with van der Waals surface area (Å²) in [6, 6.07) is 3.99. The predicted octanol–water partition coefficient (Wildman–Crippen LogP) is 3.51. The summed E-state index contributed by atoms with van der Waals surface area (Å²) >= 11 is 6.19. The Hall–Kier alpha value is -0.730. The molecule has 1 aromatic carbocycles. The van der Waals surface area contributed by atoms with Gasteiger partial charge in [0.2, 0.25) is 0 Å². The lowest BCUT2D eigenvalue weighted by Gasteiger charge is -2.29. The van der Waals surface area contributed by atoms with Crippen LogP contribution in [0, 0.1) is 0 Å². The molecule has 94 valence electrons. The van der Waals surface area contributed by atoms with Gasteiger partial charge in [-0.1, -0.05) is 18.5 Å². The third-order valence-corrected chi connectivity index (χ3v) is 3.93. The number of rotatable bonds is 3. The quantitative estimate of drug-likeness (QED) is 0.890. The highest BCUT2D eigenvalue weighted by Gasteiger charge is 2.32. The van der Waals surface area contributed by atoms with E-state index in [9.17, 15) is 0 Å². The first-order valence-corrected chi connectivity index (χ1v) is 6.60. The summed E-state index contributed by atoms with van der Waals surface area (Å²) in [7, 11) is 1.71. The lowest BCUT2D eigenvalue weighted by molar-refractivity contribution is 0.397. The first kappa shape index (κ1) is 12.7. The molecule has 2 rings (SSSR count). The molecule has 0 aliphatic carbocycles. The van der Waals surface area contributed by atoms with Gasteiger partial charge in [-0.3, -0.25) is 0 Å². The summed E-state index contributed by atoms with van der Waals surface area (Å²) in [5.41, 5.74) is 2.61. The third kappa shape index (κ3) is 2.29. The van der Waals surface area contributed by atoms with Gasteiger partial charge >= 0.3 is 0 Å². The van der Waals surface area contributed by atoms with Crippen molar-refractivity contribution >= 4 is 11.6 Å². The summed E-state index contributed by atoms with van der Waals surface area (Å²) in [5, 5.41) is 4.34. The van der Waals surface area contributed by atoms with Gasteiger partial charge in [0.1, 0.15) is 5.75 Å². The molecule has 1 heterocycles. The minimum Gasteiger partial charge on any atom is -0.496 e. The number of halogens is 1. The molecule has 2 nitrogen and oxygen atoms in total. The molecule has 0 radical (unpaired) electrons. The molecule has 1 atom stereocenters. The summed E-state index contributed by atoms with van der Waals surface area (Å²) in [5.74, 6) is 0.907. The highest BCUT2D eigenvalue weighted by atomic mass is 35.5. The average molecular weight is 254 g/mol. The molecular weight excluding hydrogens is 234 g/mol. The van der Waals surface area contributed by atoms with Crippen molar-refractivity contribution in [2.75, 3.05) is 13.7 Å². The van der Waals surface area contributed by atoms with Crippen LogP contribution in [0.3, 0.4) is 0 Å². The number of ether oxygens (including phenoxy) is 1. The van der Waals surface area contributed by atoms with Crippen LogP contribution in [-0.2, 0) is 12.0 Å². The maximum Gasteiger partial charge on any atom is 0.123 e. The van der Waals surface area contributed by atoms with Gasteiger partial charge in [-0.25, -0.2) is 0 Å². The van der Waals surface area contributed by atoms with Crippen LogP contribution in [0.15, 0.2) is 12.1 Å². The Morgan fingerprint density at radius 2 is 2.24 bits per heavy atom. The number of nitrogens with one attached hydrogen (secondary N) is 1. The molecule has 1 saturated heterocycles. The van der Waals surface area contributed by atoms with Gasteiger partial charge in [-0.15, -0.1) is 0 Å². The normalized spacial score (nSPS) is 24.0. The second-order valence-corrected chi connectivity index (χ2v) is 5.29. The number of hydrogen-bond acceptors (Lipinski definition) is 2. The van der Waals surface area contributed by atoms with E-state index < -0.39 is 0 Å². The van der Waals surface area contributed by atoms with Gasteiger partial charge in [-0.05, 0) is 56.0 Å². The Bertz CT molecular complexity index is 411. The summed E-state index contributed by atoms with van der Waals surface area (Å²) in [4.78, 5) is 0. The van der Waals surface area contributed by atoms with E-state index in [0.29, 0.717) is 0 Å². The zero-order valence-corrected chi connectivity index (χ0v) is 11.5. The van der Waals surface area contributed by atoms with E-state index in [-0.39, 0.29) is 5.54 Å². The lowest BCUT2D eigenvalue weighted by Crippen LogP contribution is -2.34. The van der Waals surface area contributed by atoms with Crippen LogP contribution in [0.5, 0.6) is 5.75 Å². The molecule has 1 aliphatic rings. The van der Waals surface area contributed by atoms with Crippen LogP contribution < -0.4 is 10.1 Å². The molecule has 0 bridgehead atoms. The van der Waals surface area contributed by atoms with Crippen molar-refractivity contribution in [2.45, 2.75) is 38.6 Å². The van der Waals surface area contributed by atoms with Gasteiger partial charge in [0.25, 0.3) is 0 Å². The molecule has 0 saturated carbocycles. The molecule has 0 amide bonds. The van der Waals surface area contributed by atoms with Crippen molar-refractivity contribution in [1.29, 1.82) is 0 Å². The topological polar surface area (TPSA) is 21.3 Å². The monoisotopic (exact) mass is 253 g/mol. The van der Waals surface area contributed by atoms with E-state index in [2.05, 4.69) is 25.2 Å². The predicted molar refractivity (Wildman–Crippen MR) is 72.0 cm³/mol. The fraction of sp³-hybridized carbons (Fsp3) is 0.571. The van der Waals surface area contributed by atoms with Crippen molar-refractivity contribution in [3.63, 3.8) is 0 Å². The minimum absolute atomic E-state index is 0.0452. The zero-order chi connectivity index (χ0) is 12.5. The van der Waals surface area contributed by atoms with E-state index >= 15 is 0 Å². The van der Waals surface area contributed by atoms with Crippen molar-refractivity contribution in [1.82, 2.24) is 5.32 Å². The van der Waals surface area contributed by atoms with Crippen molar-refractivity contribution in [3.05, 3.63) is 28.3 Å². The maximum absolute atomic E-state index is 6.19. The fourth-order valence-corrected chi connectivity index (χ4v) is 2.98. The van der Waals surface area contributed by atoms with E-state index in [0.717, 1.165) is 30.2 Å². The van der Waals surface area contributed by atoms with Crippen LogP contribution in [-0.4, -0.2) is 13.7 Å². The minimum atomic E-state index is 0.0452. The summed E-state index contributed by atoms with van der Waals surface area (Å²) in [6.45, 7) is 5.49. The highest BCUT2D eigenvalue weighted by molar-refractivity contribution is 6.30. The molecule has 3 heteroatoms. The zero-order valence-electron chi connectivity index (χ0n) is 10.8. The van der Waals surface area contributed by atoms with Gasteiger partial charge in [0.05, 0.1) is 7.11 Å². The molecule has 1 unspecified atom stereocenters. The molecule has 1 fully saturated rings. The Morgan fingerprint density at radius 1 is 1.47 bits per heavy atom. The van der Waals surface area contributed by atoms with Crippen molar-refractivity contribution in [2.24, 2.45) is 0 Å². The molecule has 17 heavy (non-hydrogen) atoms. The van der Waals surface area contributed by atoms with Crippen molar-refractivity contribution < 1.29 is 4.74 Å². The average Bonchev–Trinajstić information content (AvgIpc) is 2.76. The number of hydrogen-bond donors (Lipinski definition) is 1. The SMILES string of the molecule is CCc1c(OC)cc(Cl)cc1C1(C)CCCN1. The standard InChI is InChI=1S/C14H20ClNO/c1-4-11-12(14(2)6-5-7-16-14)8-10(15)9-13(11)17-3/h8-9,16H,4-7H2,1-3H3. The Kier molecular flexibility index (Phi) is 3.64. The van der Waals surface area contributed by atoms with E-state index in [4.69, 9.17) is 16.3 Å². The molecule has 1 aliphatic heterocycles. The van der Waals surface area contributed by atoms with E-state index in [1.165, 1.54) is 17.5 Å². The van der Waals surface area contributed by atoms with E-state index in [1.807, 2.05) is 6.07 Å². The van der Waals surface area contributed by atoms with Crippen LogP contribution >= 0.6 is 11.6 Å². The van der Waals surface area contributed by atoms with Crippen LogP contribution in [0.4, 0.5) is 0 Å². The molecule has 1 N–H and O–H groups in total. The Morgan fingerprint density at radius 3 is 2.76 bits per heavy atom. The highest BCUT2D eigenvalue weighted by Crippen LogP contribution is 2.38. The van der Waals surface area contributed by atoms with Gasteiger partial charge in [0.15, 0.2) is 0 Å². The third-order valence-electron chi connectivity index (χ3n) is 3.71. The maximum atomic E-state index is 6.19. The smallest absolute Gasteiger partial charge is 0.123 e. The number of methoxy groups -OCH3 is 1. The lowest BCUT2D eigenvalue weighted by atomic mass is 9.85. The Balaban J connectivity index is 2.55. The first-order chi connectivity index (χ1) is 8.10. The second-order valence-electron chi connectivity index (χ2n) is 4.85.